The van der Waals surface area contributed by atoms with E-state index in [0.717, 1.165) is 10.9 Å². The predicted octanol–water partition coefficient (Wildman–Crippen LogP) is 1.47. The molecule has 4 heteroatoms. The Hall–Kier alpha value is -0.640. The van der Waals surface area contributed by atoms with Gasteiger partial charge in [0, 0.05) is 5.92 Å². The average molecular weight is 167 g/mol. The fourth-order valence-corrected chi connectivity index (χ4v) is 1.29. The van der Waals surface area contributed by atoms with E-state index in [1.54, 1.807) is 18.0 Å². The van der Waals surface area contributed by atoms with Crippen molar-refractivity contribution in [2.24, 2.45) is 0 Å². The first-order valence-electron chi connectivity index (χ1n) is 3.64. The summed E-state index contributed by atoms with van der Waals surface area (Å²) in [6.07, 6.45) is 6.28. The van der Waals surface area contributed by atoms with Crippen molar-refractivity contribution >= 4 is 11.8 Å². The second kappa shape index (κ2) is 2.77. The monoisotopic (exact) mass is 167 g/mol. The molecule has 58 valence electrons. The van der Waals surface area contributed by atoms with Gasteiger partial charge in [-0.05, 0) is 19.1 Å². The minimum absolute atomic E-state index is 0.677. The van der Waals surface area contributed by atoms with Crippen LogP contribution in [-0.4, -0.2) is 21.4 Å². The highest BCUT2D eigenvalue weighted by molar-refractivity contribution is 7.98. The molecule has 3 nitrogen and oxygen atoms in total. The summed E-state index contributed by atoms with van der Waals surface area (Å²) in [6, 6.07) is 0. The van der Waals surface area contributed by atoms with Crippen LogP contribution < -0.4 is 0 Å². The Morgan fingerprint density at radius 3 is 3.00 bits per heavy atom. The summed E-state index contributed by atoms with van der Waals surface area (Å²) in [7, 11) is 0. The summed E-state index contributed by atoms with van der Waals surface area (Å²) < 4.78 is 0. The normalized spacial score (nSPS) is 16.8. The van der Waals surface area contributed by atoms with Gasteiger partial charge in [0.2, 0.25) is 5.16 Å². The molecule has 0 spiro atoms. The van der Waals surface area contributed by atoms with Crippen LogP contribution in [-0.2, 0) is 0 Å². The third-order valence-corrected chi connectivity index (χ3v) is 2.27. The van der Waals surface area contributed by atoms with Gasteiger partial charge in [-0.1, -0.05) is 11.8 Å². The van der Waals surface area contributed by atoms with Crippen molar-refractivity contribution in [3.63, 3.8) is 0 Å². The molecule has 0 bridgehead atoms. The van der Waals surface area contributed by atoms with Crippen molar-refractivity contribution in [2.45, 2.75) is 23.9 Å². The number of thioether (sulfide) groups is 1. The van der Waals surface area contributed by atoms with Crippen LogP contribution >= 0.6 is 11.8 Å². The van der Waals surface area contributed by atoms with Gasteiger partial charge in [-0.3, -0.25) is 0 Å². The molecule has 1 heterocycles. The van der Waals surface area contributed by atoms with Gasteiger partial charge in [0.1, 0.15) is 0 Å². The third kappa shape index (κ3) is 1.50. The standard InChI is InChI=1S/C7H9N3S/c1-11-7-9-6(4-8-10-7)5-2-3-5/h4-5H,2-3H2,1H3. The van der Waals surface area contributed by atoms with E-state index in [1.165, 1.54) is 12.8 Å². The van der Waals surface area contributed by atoms with Crippen LogP contribution in [0.15, 0.2) is 11.4 Å². The van der Waals surface area contributed by atoms with Gasteiger partial charge in [-0.25, -0.2) is 4.98 Å². The molecule has 1 aromatic heterocycles. The van der Waals surface area contributed by atoms with E-state index in [-0.39, 0.29) is 0 Å². The zero-order chi connectivity index (χ0) is 7.68. The fourth-order valence-electron chi connectivity index (χ4n) is 0.961. The van der Waals surface area contributed by atoms with Crippen molar-refractivity contribution < 1.29 is 0 Å². The van der Waals surface area contributed by atoms with Crippen LogP contribution in [0.5, 0.6) is 0 Å². The summed E-state index contributed by atoms with van der Waals surface area (Å²) in [6.45, 7) is 0. The van der Waals surface area contributed by atoms with Crippen molar-refractivity contribution in [1.29, 1.82) is 0 Å². The number of rotatable bonds is 2. The Bertz CT molecular complexity index is 260. The number of aromatic nitrogens is 3. The van der Waals surface area contributed by atoms with Gasteiger partial charge < -0.3 is 0 Å². The molecule has 2 rings (SSSR count). The molecule has 0 saturated heterocycles. The van der Waals surface area contributed by atoms with Gasteiger partial charge in [0.15, 0.2) is 0 Å². The summed E-state index contributed by atoms with van der Waals surface area (Å²) in [4.78, 5) is 4.34. The lowest BCUT2D eigenvalue weighted by atomic mass is 10.3. The lowest BCUT2D eigenvalue weighted by Gasteiger charge is -1.96. The highest BCUT2D eigenvalue weighted by Gasteiger charge is 2.25. The summed E-state index contributed by atoms with van der Waals surface area (Å²) in [5.74, 6) is 0.677. The van der Waals surface area contributed by atoms with E-state index in [4.69, 9.17) is 0 Å². The lowest BCUT2D eigenvalue weighted by Crippen LogP contribution is -1.94. The molecule has 0 amide bonds. The second-order valence-electron chi connectivity index (χ2n) is 2.64. The first-order chi connectivity index (χ1) is 5.40. The molecule has 0 radical (unpaired) electrons. The molecule has 0 N–H and O–H groups in total. The molecule has 1 aliphatic carbocycles. The second-order valence-corrected chi connectivity index (χ2v) is 3.42. The Balaban J connectivity index is 2.26. The smallest absolute Gasteiger partial charge is 0.209 e. The first kappa shape index (κ1) is 7.03. The first-order valence-corrected chi connectivity index (χ1v) is 4.86. The molecular weight excluding hydrogens is 158 g/mol. The molecule has 0 aliphatic heterocycles. The van der Waals surface area contributed by atoms with Gasteiger partial charge in [0.05, 0.1) is 11.9 Å². The Morgan fingerprint density at radius 2 is 2.36 bits per heavy atom. The SMILES string of the molecule is CSc1nncc(C2CC2)n1. The van der Waals surface area contributed by atoms with Crippen LogP contribution in [0.1, 0.15) is 24.5 Å². The Kier molecular flexibility index (Phi) is 1.77. The van der Waals surface area contributed by atoms with E-state index < -0.39 is 0 Å². The highest BCUT2D eigenvalue weighted by Crippen LogP contribution is 2.38. The van der Waals surface area contributed by atoms with E-state index in [0.29, 0.717) is 5.92 Å². The maximum Gasteiger partial charge on any atom is 0.209 e. The average Bonchev–Trinajstić information content (AvgIpc) is 2.87. The maximum atomic E-state index is 4.34. The molecule has 0 aromatic carbocycles. The van der Waals surface area contributed by atoms with Crippen LogP contribution in [0.25, 0.3) is 0 Å². The Morgan fingerprint density at radius 1 is 1.55 bits per heavy atom. The molecule has 11 heavy (non-hydrogen) atoms. The zero-order valence-electron chi connectivity index (χ0n) is 6.32. The van der Waals surface area contributed by atoms with E-state index in [9.17, 15) is 0 Å². The van der Waals surface area contributed by atoms with Crippen molar-refractivity contribution in [3.05, 3.63) is 11.9 Å². The summed E-state index contributed by atoms with van der Waals surface area (Å²) in [5.41, 5.74) is 1.12. The molecule has 1 aliphatic rings. The summed E-state index contributed by atoms with van der Waals surface area (Å²) in [5, 5.41) is 8.54. The highest BCUT2D eigenvalue weighted by atomic mass is 32.2. The molecule has 1 saturated carbocycles. The molecular formula is C7H9N3S. The quantitative estimate of drug-likeness (QED) is 0.625. The molecule has 0 atom stereocenters. The van der Waals surface area contributed by atoms with Crippen molar-refractivity contribution in [3.8, 4) is 0 Å². The number of hydrogen-bond donors (Lipinski definition) is 0. The maximum absolute atomic E-state index is 4.34. The van der Waals surface area contributed by atoms with Gasteiger partial charge in [-0.2, -0.15) is 5.10 Å². The molecule has 0 unspecified atom stereocenters. The minimum atomic E-state index is 0.677. The summed E-state index contributed by atoms with van der Waals surface area (Å²) >= 11 is 1.54. The Labute approximate surface area is 69.6 Å². The fraction of sp³-hybridized carbons (Fsp3) is 0.571. The van der Waals surface area contributed by atoms with E-state index >= 15 is 0 Å². The van der Waals surface area contributed by atoms with Crippen LogP contribution in [0.2, 0.25) is 0 Å². The van der Waals surface area contributed by atoms with Crippen molar-refractivity contribution in [2.75, 3.05) is 6.26 Å². The number of nitrogens with zero attached hydrogens (tertiary/aromatic N) is 3. The van der Waals surface area contributed by atoms with Crippen LogP contribution in [0, 0.1) is 0 Å². The number of hydrogen-bond acceptors (Lipinski definition) is 4. The van der Waals surface area contributed by atoms with Crippen molar-refractivity contribution in [1.82, 2.24) is 15.2 Å². The topological polar surface area (TPSA) is 38.7 Å². The largest absolute Gasteiger partial charge is 0.224 e. The van der Waals surface area contributed by atoms with Gasteiger partial charge >= 0.3 is 0 Å². The minimum Gasteiger partial charge on any atom is -0.224 e. The van der Waals surface area contributed by atoms with E-state index in [2.05, 4.69) is 15.2 Å². The van der Waals surface area contributed by atoms with E-state index in [1.807, 2.05) is 6.26 Å². The zero-order valence-corrected chi connectivity index (χ0v) is 7.14. The predicted molar refractivity (Wildman–Crippen MR) is 43.6 cm³/mol. The van der Waals surface area contributed by atoms with Gasteiger partial charge in [-0.15, -0.1) is 5.10 Å². The molecule has 1 fully saturated rings. The molecule has 1 aromatic rings. The van der Waals surface area contributed by atoms with Gasteiger partial charge in [0.25, 0.3) is 0 Å². The third-order valence-electron chi connectivity index (χ3n) is 1.74. The lowest BCUT2D eigenvalue weighted by molar-refractivity contribution is 0.791. The van der Waals surface area contributed by atoms with Crippen LogP contribution in [0.3, 0.4) is 0 Å². The van der Waals surface area contributed by atoms with Crippen LogP contribution in [0.4, 0.5) is 0 Å².